The van der Waals surface area contributed by atoms with Crippen LogP contribution in [-0.2, 0) is 4.79 Å². The molecule has 1 amide bonds. The van der Waals surface area contributed by atoms with Crippen LogP contribution in [0.5, 0.6) is 0 Å². The summed E-state index contributed by atoms with van der Waals surface area (Å²) in [5.74, 6) is -0.172. The highest BCUT2D eigenvalue weighted by atomic mass is 32.2. The van der Waals surface area contributed by atoms with Gasteiger partial charge in [0.2, 0.25) is 5.91 Å². The number of hydrogen-bond acceptors (Lipinski definition) is 4. The molecule has 0 aromatic heterocycles. The number of oxime groups is 1. The first-order valence-corrected chi connectivity index (χ1v) is 7.58. The van der Waals surface area contributed by atoms with E-state index in [2.05, 4.69) is 16.7 Å². The molecule has 0 heterocycles. The third-order valence-electron chi connectivity index (χ3n) is 3.93. The molecular formula is C12H23N3O2S. The number of carbonyl (C=O) groups is 1. The average molecular weight is 273 g/mol. The summed E-state index contributed by atoms with van der Waals surface area (Å²) in [5.41, 5.74) is 4.70. The van der Waals surface area contributed by atoms with Gasteiger partial charge in [-0.1, -0.05) is 12.1 Å². The highest BCUT2D eigenvalue weighted by Gasteiger charge is 2.38. The Morgan fingerprint density at radius 2 is 2.28 bits per heavy atom. The van der Waals surface area contributed by atoms with Crippen LogP contribution in [0.1, 0.15) is 39.5 Å². The fraction of sp³-hybridized carbons (Fsp3) is 0.833. The molecule has 1 saturated carbocycles. The van der Waals surface area contributed by atoms with Crippen LogP contribution in [0.15, 0.2) is 5.16 Å². The Balaban J connectivity index is 2.64. The molecule has 1 aliphatic carbocycles. The van der Waals surface area contributed by atoms with Crippen LogP contribution >= 0.6 is 11.8 Å². The van der Waals surface area contributed by atoms with Crippen LogP contribution in [0.3, 0.4) is 0 Å². The maximum atomic E-state index is 12.3. The van der Waals surface area contributed by atoms with E-state index < -0.39 is 5.41 Å². The van der Waals surface area contributed by atoms with Gasteiger partial charge in [-0.15, -0.1) is 0 Å². The molecule has 4 N–H and O–H groups in total. The Hall–Kier alpha value is -0.910. The van der Waals surface area contributed by atoms with E-state index in [4.69, 9.17) is 10.9 Å². The Kier molecular flexibility index (Phi) is 5.31. The summed E-state index contributed by atoms with van der Waals surface area (Å²) in [6.45, 7) is 3.56. The van der Waals surface area contributed by atoms with Crippen LogP contribution < -0.4 is 11.1 Å². The van der Waals surface area contributed by atoms with Gasteiger partial charge in [-0.25, -0.2) is 0 Å². The van der Waals surface area contributed by atoms with Crippen LogP contribution in [0.2, 0.25) is 0 Å². The third-order valence-corrected chi connectivity index (χ3v) is 5.03. The molecule has 1 aliphatic rings. The Morgan fingerprint density at radius 3 is 2.72 bits per heavy atom. The fourth-order valence-electron chi connectivity index (χ4n) is 2.20. The van der Waals surface area contributed by atoms with Crippen LogP contribution in [0, 0.1) is 5.41 Å². The lowest BCUT2D eigenvalue weighted by Gasteiger charge is -2.27. The maximum absolute atomic E-state index is 12.3. The van der Waals surface area contributed by atoms with Crippen molar-refractivity contribution in [2.75, 3.05) is 6.26 Å². The first-order valence-electron chi connectivity index (χ1n) is 6.29. The van der Waals surface area contributed by atoms with Crippen molar-refractivity contribution in [1.29, 1.82) is 0 Å². The molecule has 0 aliphatic heterocycles. The highest BCUT2D eigenvalue weighted by molar-refractivity contribution is 7.99. The Morgan fingerprint density at radius 1 is 1.61 bits per heavy atom. The lowest BCUT2D eigenvalue weighted by atomic mass is 9.85. The molecular weight excluding hydrogens is 250 g/mol. The van der Waals surface area contributed by atoms with Crippen molar-refractivity contribution in [2.24, 2.45) is 16.3 Å². The smallest absolute Gasteiger partial charge is 0.233 e. The lowest BCUT2D eigenvalue weighted by Crippen LogP contribution is -2.50. The van der Waals surface area contributed by atoms with Crippen molar-refractivity contribution < 1.29 is 10.0 Å². The van der Waals surface area contributed by atoms with Crippen LogP contribution in [0.4, 0.5) is 0 Å². The number of nitrogens with zero attached hydrogens (tertiary/aromatic N) is 1. The number of hydrogen-bond donors (Lipinski definition) is 3. The zero-order valence-electron chi connectivity index (χ0n) is 11.3. The van der Waals surface area contributed by atoms with Crippen LogP contribution in [-0.4, -0.2) is 34.5 Å². The molecule has 1 fully saturated rings. The maximum Gasteiger partial charge on any atom is 0.233 e. The van der Waals surface area contributed by atoms with Crippen molar-refractivity contribution in [3.8, 4) is 0 Å². The van der Waals surface area contributed by atoms with E-state index in [1.165, 1.54) is 0 Å². The highest BCUT2D eigenvalue weighted by Crippen LogP contribution is 2.29. The van der Waals surface area contributed by atoms with E-state index in [0.29, 0.717) is 11.7 Å². The standard InChI is InChI=1S/C12H23N3O2S/c1-4-12(2,10(13)15-17)11(16)14-8-5-6-9(7-8)18-3/h8-9,17H,4-7H2,1-3H3,(H2,13,15)(H,14,16). The van der Waals surface area contributed by atoms with Crippen molar-refractivity contribution in [2.45, 2.75) is 50.8 Å². The number of thioether (sulfide) groups is 1. The van der Waals surface area contributed by atoms with Gasteiger partial charge in [0.05, 0.1) is 0 Å². The zero-order valence-corrected chi connectivity index (χ0v) is 12.1. The average Bonchev–Trinajstić information content (AvgIpc) is 2.84. The van der Waals surface area contributed by atoms with Gasteiger partial charge in [0, 0.05) is 11.3 Å². The van der Waals surface area contributed by atoms with E-state index in [0.717, 1.165) is 19.3 Å². The predicted octanol–water partition coefficient (Wildman–Crippen LogP) is 1.55. The second kappa shape index (κ2) is 6.31. The lowest BCUT2D eigenvalue weighted by molar-refractivity contribution is -0.127. The third kappa shape index (κ3) is 3.10. The SMILES string of the molecule is CCC(C)(C(=O)NC1CCC(SC)C1)C(N)=NO. The molecule has 6 heteroatoms. The van der Waals surface area contributed by atoms with Gasteiger partial charge in [-0.3, -0.25) is 4.79 Å². The van der Waals surface area contributed by atoms with Gasteiger partial charge >= 0.3 is 0 Å². The molecule has 18 heavy (non-hydrogen) atoms. The summed E-state index contributed by atoms with van der Waals surface area (Å²) in [6, 6.07) is 0.215. The summed E-state index contributed by atoms with van der Waals surface area (Å²) >= 11 is 1.85. The first-order chi connectivity index (χ1) is 8.47. The number of carbonyl (C=O) groups excluding carboxylic acids is 1. The molecule has 0 bridgehead atoms. The number of nitrogens with one attached hydrogen (secondary N) is 1. The summed E-state index contributed by atoms with van der Waals surface area (Å²) in [7, 11) is 0. The van der Waals surface area contributed by atoms with Crippen molar-refractivity contribution in [3.63, 3.8) is 0 Å². The topological polar surface area (TPSA) is 87.7 Å². The molecule has 3 atom stereocenters. The zero-order chi connectivity index (χ0) is 13.8. The number of amides is 1. The van der Waals surface area contributed by atoms with Gasteiger partial charge in [0.15, 0.2) is 5.84 Å². The number of nitrogens with two attached hydrogens (primary N) is 1. The van der Waals surface area contributed by atoms with Crippen molar-refractivity contribution in [1.82, 2.24) is 5.32 Å². The van der Waals surface area contributed by atoms with Crippen LogP contribution in [0.25, 0.3) is 0 Å². The minimum Gasteiger partial charge on any atom is -0.409 e. The summed E-state index contributed by atoms with van der Waals surface area (Å²) < 4.78 is 0. The Bertz CT molecular complexity index is 335. The monoisotopic (exact) mass is 273 g/mol. The van der Waals surface area contributed by atoms with Gasteiger partial charge in [0.1, 0.15) is 5.41 Å². The normalized spacial score (nSPS) is 27.8. The molecule has 1 rings (SSSR count). The second-order valence-corrected chi connectivity index (χ2v) is 6.15. The minimum absolute atomic E-state index is 0.0260. The van der Waals surface area contributed by atoms with Gasteiger partial charge < -0.3 is 16.3 Å². The first kappa shape index (κ1) is 15.1. The molecule has 104 valence electrons. The van der Waals surface area contributed by atoms with Crippen molar-refractivity contribution >= 4 is 23.5 Å². The van der Waals surface area contributed by atoms with Gasteiger partial charge in [0.25, 0.3) is 0 Å². The molecule has 5 nitrogen and oxygen atoms in total. The summed E-state index contributed by atoms with van der Waals surface area (Å²) in [5, 5.41) is 15.4. The van der Waals surface area contributed by atoms with E-state index in [9.17, 15) is 4.79 Å². The molecule has 0 spiro atoms. The Labute approximate surface area is 113 Å². The minimum atomic E-state index is -0.924. The largest absolute Gasteiger partial charge is 0.409 e. The molecule has 0 aromatic rings. The van der Waals surface area contributed by atoms with E-state index in [1.54, 1.807) is 6.92 Å². The van der Waals surface area contributed by atoms with E-state index in [1.807, 2.05) is 18.7 Å². The number of rotatable bonds is 5. The predicted molar refractivity (Wildman–Crippen MR) is 74.9 cm³/mol. The van der Waals surface area contributed by atoms with E-state index in [-0.39, 0.29) is 17.8 Å². The van der Waals surface area contributed by atoms with Gasteiger partial charge in [-0.05, 0) is 38.9 Å². The van der Waals surface area contributed by atoms with E-state index >= 15 is 0 Å². The quantitative estimate of drug-likeness (QED) is 0.307. The summed E-state index contributed by atoms with van der Waals surface area (Å²) in [6.07, 6.45) is 5.75. The number of amidine groups is 1. The fourth-order valence-corrected chi connectivity index (χ4v) is 2.99. The molecule has 0 radical (unpaired) electrons. The van der Waals surface area contributed by atoms with Gasteiger partial charge in [-0.2, -0.15) is 11.8 Å². The summed E-state index contributed by atoms with van der Waals surface area (Å²) in [4.78, 5) is 12.3. The molecule has 0 aromatic carbocycles. The second-order valence-electron chi connectivity index (χ2n) is 5.01. The van der Waals surface area contributed by atoms with Crippen molar-refractivity contribution in [3.05, 3.63) is 0 Å². The molecule has 0 saturated heterocycles. The molecule has 3 unspecified atom stereocenters.